The van der Waals surface area contributed by atoms with E-state index in [0.717, 1.165) is 36.2 Å². The Hall–Kier alpha value is -5.25. The quantitative estimate of drug-likeness (QED) is 0.244. The highest BCUT2D eigenvalue weighted by Crippen LogP contribution is 2.30. The van der Waals surface area contributed by atoms with E-state index in [1.807, 2.05) is 47.5 Å². The molecule has 0 saturated carbocycles. The van der Waals surface area contributed by atoms with E-state index in [1.54, 1.807) is 48.9 Å². The van der Waals surface area contributed by atoms with Gasteiger partial charge in [-0.05, 0) is 84.6 Å². The third kappa shape index (κ3) is 5.51. The molecule has 0 spiro atoms. The number of rotatable bonds is 8. The summed E-state index contributed by atoms with van der Waals surface area (Å²) in [4.78, 5) is 31.7. The van der Waals surface area contributed by atoms with Gasteiger partial charge < -0.3 is 20.3 Å². The van der Waals surface area contributed by atoms with Gasteiger partial charge in [0.05, 0.1) is 18.7 Å². The molecule has 0 bridgehead atoms. The van der Waals surface area contributed by atoms with Crippen molar-refractivity contribution in [2.75, 3.05) is 30.8 Å². The first-order valence-corrected chi connectivity index (χ1v) is 13.7. The Morgan fingerprint density at radius 1 is 0.952 bits per heavy atom. The van der Waals surface area contributed by atoms with E-state index in [0.29, 0.717) is 34.3 Å². The Balaban J connectivity index is 1.14. The van der Waals surface area contributed by atoms with Crippen molar-refractivity contribution in [3.8, 4) is 16.9 Å². The molecule has 0 aliphatic carbocycles. The first-order chi connectivity index (χ1) is 20.4. The van der Waals surface area contributed by atoms with Gasteiger partial charge in [-0.3, -0.25) is 9.59 Å². The number of benzene rings is 3. The van der Waals surface area contributed by atoms with E-state index in [2.05, 4.69) is 20.7 Å². The van der Waals surface area contributed by atoms with Crippen LogP contribution in [0.4, 0.5) is 21.7 Å². The van der Waals surface area contributed by atoms with Gasteiger partial charge in [0.1, 0.15) is 11.6 Å². The lowest BCUT2D eigenvalue weighted by atomic mass is 10.00. The molecule has 1 aliphatic rings. The Labute approximate surface area is 242 Å². The van der Waals surface area contributed by atoms with Crippen LogP contribution in [0.15, 0.2) is 85.1 Å². The van der Waals surface area contributed by atoms with Crippen LogP contribution >= 0.6 is 0 Å². The van der Waals surface area contributed by atoms with Crippen LogP contribution in [0.1, 0.15) is 35.2 Å². The van der Waals surface area contributed by atoms with E-state index in [4.69, 9.17) is 4.74 Å². The number of likely N-dealkylation sites (tertiary alicyclic amines) is 1. The Bertz CT molecular complexity index is 1760. The molecule has 10 heteroatoms. The fourth-order valence-electron chi connectivity index (χ4n) is 4.76. The van der Waals surface area contributed by atoms with E-state index in [9.17, 15) is 14.0 Å². The van der Waals surface area contributed by atoms with Gasteiger partial charge in [0.15, 0.2) is 5.65 Å². The maximum atomic E-state index is 13.2. The molecule has 3 aromatic carbocycles. The van der Waals surface area contributed by atoms with Gasteiger partial charge in [0, 0.05) is 30.5 Å². The standard InChI is InChI=1S/C32H29FN6O3/c1-20(21-4-9-25(33)10-5-21)30(40)34-26-11-6-22(7-12-26)23-14-17-39-29(19-23)36-32(37-39)35-27-13-8-24(18-28(27)42-2)31(41)38-15-3-16-38/h4-14,17-20H,3,15-16H2,1-2H3,(H,34,40)(H,35,37)/t20-/m1/s1. The van der Waals surface area contributed by atoms with Crippen molar-refractivity contribution < 1.29 is 18.7 Å². The summed E-state index contributed by atoms with van der Waals surface area (Å²) in [6.45, 7) is 3.36. The van der Waals surface area contributed by atoms with Gasteiger partial charge in [-0.1, -0.05) is 24.3 Å². The topological polar surface area (TPSA) is 101 Å². The normalized spacial score (nSPS) is 13.4. The zero-order chi connectivity index (χ0) is 29.2. The summed E-state index contributed by atoms with van der Waals surface area (Å²) in [5.74, 6) is -0.0111. The lowest BCUT2D eigenvalue weighted by Crippen LogP contribution is -2.42. The zero-order valence-electron chi connectivity index (χ0n) is 23.2. The molecule has 1 aliphatic heterocycles. The summed E-state index contributed by atoms with van der Waals surface area (Å²) in [6, 6.07) is 22.6. The second-order valence-electron chi connectivity index (χ2n) is 10.2. The molecule has 1 saturated heterocycles. The van der Waals surface area contributed by atoms with Crippen molar-refractivity contribution in [2.45, 2.75) is 19.3 Å². The fourth-order valence-corrected chi connectivity index (χ4v) is 4.76. The lowest BCUT2D eigenvalue weighted by molar-refractivity contribution is -0.117. The third-order valence-electron chi connectivity index (χ3n) is 7.42. The SMILES string of the molecule is COc1cc(C(=O)N2CCC2)ccc1Nc1nc2cc(-c3ccc(NC(=O)[C@H](C)c4ccc(F)cc4)cc3)ccn2n1. The summed E-state index contributed by atoms with van der Waals surface area (Å²) in [6.07, 6.45) is 2.86. The highest BCUT2D eigenvalue weighted by atomic mass is 19.1. The number of fused-ring (bicyclic) bond motifs is 1. The molecule has 2 amide bonds. The first kappa shape index (κ1) is 26.9. The van der Waals surface area contributed by atoms with Gasteiger partial charge in [-0.15, -0.1) is 5.10 Å². The predicted octanol–water partition coefficient (Wildman–Crippen LogP) is 5.88. The lowest BCUT2D eigenvalue weighted by Gasteiger charge is -2.31. The molecular weight excluding hydrogens is 535 g/mol. The van der Waals surface area contributed by atoms with Crippen molar-refractivity contribution in [2.24, 2.45) is 0 Å². The van der Waals surface area contributed by atoms with Gasteiger partial charge in [0.2, 0.25) is 11.9 Å². The Morgan fingerprint density at radius 3 is 2.40 bits per heavy atom. The molecule has 0 radical (unpaired) electrons. The molecule has 2 aromatic heterocycles. The largest absolute Gasteiger partial charge is 0.495 e. The number of carbonyl (C=O) groups excluding carboxylic acids is 2. The average Bonchev–Trinajstić information content (AvgIpc) is 3.38. The highest BCUT2D eigenvalue weighted by Gasteiger charge is 2.22. The number of carbonyl (C=O) groups is 2. The van der Waals surface area contributed by atoms with E-state index < -0.39 is 5.92 Å². The molecule has 1 fully saturated rings. The monoisotopic (exact) mass is 564 g/mol. The number of halogens is 1. The second kappa shape index (κ2) is 11.3. The molecule has 5 aromatic rings. The average molecular weight is 565 g/mol. The molecule has 9 nitrogen and oxygen atoms in total. The van der Waals surface area contributed by atoms with Crippen LogP contribution < -0.4 is 15.4 Å². The maximum Gasteiger partial charge on any atom is 0.253 e. The van der Waals surface area contributed by atoms with Crippen molar-refractivity contribution in [3.05, 3.63) is 102 Å². The van der Waals surface area contributed by atoms with Crippen molar-refractivity contribution in [1.82, 2.24) is 19.5 Å². The number of nitrogens with zero attached hydrogens (tertiary/aromatic N) is 4. The molecular formula is C32H29FN6O3. The van der Waals surface area contributed by atoms with Crippen molar-refractivity contribution in [3.63, 3.8) is 0 Å². The number of aromatic nitrogens is 3. The molecule has 1 atom stereocenters. The van der Waals surface area contributed by atoms with Crippen molar-refractivity contribution in [1.29, 1.82) is 0 Å². The smallest absolute Gasteiger partial charge is 0.253 e. The van der Waals surface area contributed by atoms with Gasteiger partial charge in [-0.25, -0.2) is 8.91 Å². The van der Waals surface area contributed by atoms with Gasteiger partial charge in [-0.2, -0.15) is 4.98 Å². The van der Waals surface area contributed by atoms with E-state index >= 15 is 0 Å². The molecule has 2 N–H and O–H groups in total. The van der Waals surface area contributed by atoms with E-state index in [1.165, 1.54) is 12.1 Å². The number of amides is 2. The van der Waals surface area contributed by atoms with E-state index in [-0.39, 0.29) is 17.6 Å². The first-order valence-electron chi connectivity index (χ1n) is 13.7. The van der Waals surface area contributed by atoms with Crippen LogP contribution in [0.3, 0.4) is 0 Å². The van der Waals surface area contributed by atoms with Crippen LogP contribution in [-0.2, 0) is 4.79 Å². The zero-order valence-corrected chi connectivity index (χ0v) is 23.2. The molecule has 212 valence electrons. The van der Waals surface area contributed by atoms with Crippen LogP contribution in [0.25, 0.3) is 16.8 Å². The van der Waals surface area contributed by atoms with Crippen LogP contribution in [0.5, 0.6) is 5.75 Å². The second-order valence-corrected chi connectivity index (χ2v) is 10.2. The minimum absolute atomic E-state index is 0.000505. The van der Waals surface area contributed by atoms with Gasteiger partial charge >= 0.3 is 0 Å². The van der Waals surface area contributed by atoms with Crippen LogP contribution in [-0.4, -0.2) is 51.5 Å². The number of hydrogen-bond acceptors (Lipinski definition) is 6. The highest BCUT2D eigenvalue weighted by molar-refractivity contribution is 5.96. The molecule has 6 rings (SSSR count). The predicted molar refractivity (Wildman–Crippen MR) is 159 cm³/mol. The van der Waals surface area contributed by atoms with Crippen molar-refractivity contribution >= 4 is 34.8 Å². The number of pyridine rings is 1. The fraction of sp³-hybridized carbons (Fsp3) is 0.188. The minimum atomic E-state index is -0.422. The summed E-state index contributed by atoms with van der Waals surface area (Å²) in [7, 11) is 1.56. The number of anilines is 3. The van der Waals surface area contributed by atoms with Crippen LogP contribution in [0.2, 0.25) is 0 Å². The number of ether oxygens (including phenoxy) is 1. The third-order valence-corrected chi connectivity index (χ3v) is 7.42. The summed E-state index contributed by atoms with van der Waals surface area (Å²) in [5.41, 5.74) is 5.17. The molecule has 3 heterocycles. The van der Waals surface area contributed by atoms with Crippen LogP contribution in [0, 0.1) is 5.82 Å². The summed E-state index contributed by atoms with van der Waals surface area (Å²) < 4.78 is 20.4. The number of methoxy groups -OCH3 is 1. The number of hydrogen-bond donors (Lipinski definition) is 2. The minimum Gasteiger partial charge on any atom is -0.495 e. The molecule has 0 unspecified atom stereocenters. The van der Waals surface area contributed by atoms with Gasteiger partial charge in [0.25, 0.3) is 5.91 Å². The summed E-state index contributed by atoms with van der Waals surface area (Å²) >= 11 is 0. The Morgan fingerprint density at radius 2 is 1.71 bits per heavy atom. The summed E-state index contributed by atoms with van der Waals surface area (Å²) in [5, 5.41) is 10.6. The number of nitrogens with one attached hydrogen (secondary N) is 2. The molecule has 42 heavy (non-hydrogen) atoms. The Kier molecular flexibility index (Phi) is 7.26. The maximum absolute atomic E-state index is 13.2.